The van der Waals surface area contributed by atoms with Crippen LogP contribution in [0.1, 0.15) is 23.6 Å². The van der Waals surface area contributed by atoms with Gasteiger partial charge in [0, 0.05) is 0 Å². The highest BCUT2D eigenvalue weighted by Crippen LogP contribution is 2.25. The van der Waals surface area contributed by atoms with E-state index >= 15 is 0 Å². The van der Waals surface area contributed by atoms with E-state index in [1.54, 1.807) is 13.0 Å². The van der Waals surface area contributed by atoms with Crippen LogP contribution in [0.4, 0.5) is 8.78 Å². The normalized spacial score (nSPS) is 10.2. The zero-order valence-corrected chi connectivity index (χ0v) is 10.7. The Labute approximate surface area is 114 Å². The van der Waals surface area contributed by atoms with Gasteiger partial charge in [-0.3, -0.25) is 4.79 Å². The molecule has 0 spiro atoms. The Balaban J connectivity index is 3.15. The largest absolute Gasteiger partial charge is 0.466 e. The van der Waals surface area contributed by atoms with Crippen LogP contribution in [0.15, 0.2) is 12.1 Å². The molecule has 0 bridgehead atoms. The number of halogens is 2. The molecule has 20 heavy (non-hydrogen) atoms. The number of nitriles is 1. The molecule has 1 N–H and O–H groups in total. The highest BCUT2D eigenvalue weighted by Gasteiger charge is 2.16. The fourth-order valence-electron chi connectivity index (χ4n) is 1.68. The van der Waals surface area contributed by atoms with Gasteiger partial charge in [0.2, 0.25) is 0 Å². The predicted molar refractivity (Wildman–Crippen MR) is 64.0 cm³/mol. The molecule has 0 radical (unpaired) electrons. The van der Waals surface area contributed by atoms with Crippen LogP contribution in [0.5, 0.6) is 5.75 Å². The minimum atomic E-state index is -3.04. The fraction of sp³-hybridized carbons (Fsp3) is 0.385. The number of carbonyl (C=O) groups is 1. The average Bonchev–Trinajstić information content (AvgIpc) is 2.39. The van der Waals surface area contributed by atoms with Crippen LogP contribution in [-0.2, 0) is 22.6 Å². The van der Waals surface area contributed by atoms with Gasteiger partial charge in [-0.2, -0.15) is 14.0 Å². The minimum Gasteiger partial charge on any atom is -0.466 e. The van der Waals surface area contributed by atoms with Gasteiger partial charge in [-0.1, -0.05) is 0 Å². The molecule has 0 unspecified atom stereocenters. The molecule has 0 saturated heterocycles. The first kappa shape index (κ1) is 15.9. The Hall–Kier alpha value is -2.20. The number of esters is 1. The van der Waals surface area contributed by atoms with Gasteiger partial charge >= 0.3 is 12.6 Å². The number of aliphatic hydroxyl groups is 1. The van der Waals surface area contributed by atoms with E-state index in [2.05, 4.69) is 4.74 Å². The van der Waals surface area contributed by atoms with Crippen molar-refractivity contribution in [1.82, 2.24) is 0 Å². The second-order valence-corrected chi connectivity index (χ2v) is 3.74. The van der Waals surface area contributed by atoms with E-state index in [1.807, 2.05) is 0 Å². The van der Waals surface area contributed by atoms with Crippen molar-refractivity contribution >= 4 is 5.97 Å². The zero-order chi connectivity index (χ0) is 15.1. The van der Waals surface area contributed by atoms with Crippen molar-refractivity contribution in [1.29, 1.82) is 5.26 Å². The maximum Gasteiger partial charge on any atom is 0.387 e. The Morgan fingerprint density at radius 3 is 2.70 bits per heavy atom. The van der Waals surface area contributed by atoms with Gasteiger partial charge in [-0.15, -0.1) is 0 Å². The van der Waals surface area contributed by atoms with Crippen LogP contribution in [0, 0.1) is 11.3 Å². The summed E-state index contributed by atoms with van der Waals surface area (Å²) < 4.78 is 33.3. The number of ether oxygens (including phenoxy) is 2. The molecular formula is C13H13F2NO4. The van der Waals surface area contributed by atoms with Gasteiger partial charge in [0.15, 0.2) is 0 Å². The summed E-state index contributed by atoms with van der Waals surface area (Å²) >= 11 is 0. The molecule has 0 aromatic heterocycles. The number of nitrogens with zero attached hydrogens (tertiary/aromatic N) is 1. The molecule has 5 nitrogen and oxygen atoms in total. The third-order valence-corrected chi connectivity index (χ3v) is 2.46. The first-order chi connectivity index (χ1) is 9.51. The van der Waals surface area contributed by atoms with Crippen LogP contribution in [0.25, 0.3) is 0 Å². The predicted octanol–water partition coefficient (Wildman–Crippen LogP) is 1.76. The van der Waals surface area contributed by atoms with E-state index in [4.69, 9.17) is 10.00 Å². The van der Waals surface area contributed by atoms with E-state index in [0.717, 1.165) is 6.07 Å². The molecule has 0 aliphatic carbocycles. The molecule has 0 amide bonds. The average molecular weight is 285 g/mol. The van der Waals surface area contributed by atoms with E-state index in [0.29, 0.717) is 0 Å². The van der Waals surface area contributed by atoms with E-state index in [1.165, 1.54) is 6.07 Å². The zero-order valence-electron chi connectivity index (χ0n) is 10.7. The minimum absolute atomic E-state index is 0.0137. The van der Waals surface area contributed by atoms with Gasteiger partial charge < -0.3 is 14.6 Å². The van der Waals surface area contributed by atoms with Crippen molar-refractivity contribution in [3.05, 3.63) is 28.8 Å². The Bertz CT molecular complexity index is 526. The monoisotopic (exact) mass is 285 g/mol. The van der Waals surface area contributed by atoms with Crippen LogP contribution in [-0.4, -0.2) is 24.3 Å². The molecule has 7 heteroatoms. The first-order valence-electron chi connectivity index (χ1n) is 5.79. The number of hydrogen-bond acceptors (Lipinski definition) is 5. The maximum absolute atomic E-state index is 12.2. The number of alkyl halides is 2. The topological polar surface area (TPSA) is 79.6 Å². The SMILES string of the molecule is CCOC(=O)Cc1c(C#N)cc(OC(F)F)cc1CO. The summed E-state index contributed by atoms with van der Waals surface area (Å²) in [7, 11) is 0. The fourth-order valence-corrected chi connectivity index (χ4v) is 1.68. The van der Waals surface area contributed by atoms with Gasteiger partial charge in [-0.25, -0.2) is 0 Å². The van der Waals surface area contributed by atoms with E-state index in [-0.39, 0.29) is 35.5 Å². The molecule has 0 fully saturated rings. The molecular weight excluding hydrogens is 272 g/mol. The smallest absolute Gasteiger partial charge is 0.387 e. The third kappa shape index (κ3) is 4.17. The lowest BCUT2D eigenvalue weighted by Gasteiger charge is -2.12. The lowest BCUT2D eigenvalue weighted by atomic mass is 9.98. The van der Waals surface area contributed by atoms with Gasteiger partial charge in [-0.05, 0) is 30.2 Å². The number of hydrogen-bond donors (Lipinski definition) is 1. The maximum atomic E-state index is 12.2. The van der Waals surface area contributed by atoms with Crippen LogP contribution in [0.3, 0.4) is 0 Å². The van der Waals surface area contributed by atoms with Crippen molar-refractivity contribution < 1.29 is 28.2 Å². The first-order valence-corrected chi connectivity index (χ1v) is 5.79. The van der Waals surface area contributed by atoms with Crippen molar-refractivity contribution in [3.63, 3.8) is 0 Å². The van der Waals surface area contributed by atoms with Crippen LogP contribution in [0.2, 0.25) is 0 Å². The molecule has 0 aliphatic heterocycles. The Morgan fingerprint density at radius 2 is 2.20 bits per heavy atom. The van der Waals surface area contributed by atoms with Crippen LogP contribution >= 0.6 is 0 Å². The highest BCUT2D eigenvalue weighted by atomic mass is 19.3. The quantitative estimate of drug-likeness (QED) is 0.806. The summed E-state index contributed by atoms with van der Waals surface area (Å²) in [6.07, 6.45) is -0.221. The Morgan fingerprint density at radius 1 is 1.50 bits per heavy atom. The summed E-state index contributed by atoms with van der Waals surface area (Å²) in [5, 5.41) is 18.2. The van der Waals surface area contributed by atoms with Crippen molar-refractivity contribution in [2.75, 3.05) is 6.61 Å². The summed E-state index contributed by atoms with van der Waals surface area (Å²) in [5.74, 6) is -0.811. The number of rotatable bonds is 6. The molecule has 0 aliphatic rings. The van der Waals surface area contributed by atoms with Crippen LogP contribution < -0.4 is 4.74 Å². The number of aliphatic hydroxyl groups excluding tert-OH is 1. The molecule has 108 valence electrons. The van der Waals surface area contributed by atoms with Crippen molar-refractivity contribution in [2.24, 2.45) is 0 Å². The second-order valence-electron chi connectivity index (χ2n) is 3.74. The van der Waals surface area contributed by atoms with Gasteiger partial charge in [0.25, 0.3) is 0 Å². The highest BCUT2D eigenvalue weighted by molar-refractivity contribution is 5.74. The van der Waals surface area contributed by atoms with E-state index in [9.17, 15) is 18.7 Å². The van der Waals surface area contributed by atoms with E-state index < -0.39 is 19.2 Å². The molecule has 1 rings (SSSR count). The standard InChI is InChI=1S/C13H13F2NO4/c1-2-19-12(18)5-11-8(6-16)3-10(20-13(14)15)4-9(11)7-17/h3-4,13,17H,2,5,7H2,1H3. The van der Waals surface area contributed by atoms with Crippen molar-refractivity contribution in [3.8, 4) is 11.8 Å². The summed E-state index contributed by atoms with van der Waals surface area (Å²) in [5.41, 5.74) is 0.406. The van der Waals surface area contributed by atoms with Gasteiger partial charge in [0.05, 0.1) is 31.3 Å². The molecule has 0 saturated carbocycles. The lowest BCUT2D eigenvalue weighted by molar-refractivity contribution is -0.142. The van der Waals surface area contributed by atoms with Gasteiger partial charge in [0.1, 0.15) is 5.75 Å². The lowest BCUT2D eigenvalue weighted by Crippen LogP contribution is -2.12. The third-order valence-electron chi connectivity index (χ3n) is 2.46. The summed E-state index contributed by atoms with van der Waals surface area (Å²) in [4.78, 5) is 11.4. The Kier molecular flexibility index (Phi) is 5.87. The number of carbonyl (C=O) groups excluding carboxylic acids is 1. The summed E-state index contributed by atoms with van der Waals surface area (Å²) in [6, 6.07) is 4.05. The second kappa shape index (κ2) is 7.40. The molecule has 0 heterocycles. The molecule has 0 atom stereocenters. The van der Waals surface area contributed by atoms with Crippen molar-refractivity contribution in [2.45, 2.75) is 26.6 Å². The summed E-state index contributed by atoms with van der Waals surface area (Å²) in [6.45, 7) is -1.73. The number of benzene rings is 1. The molecule has 1 aromatic carbocycles. The molecule has 1 aromatic rings.